The molecular weight excluding hydrogens is 408 g/mol. The summed E-state index contributed by atoms with van der Waals surface area (Å²) in [5, 5.41) is 0. The van der Waals surface area contributed by atoms with Crippen LogP contribution in [0.1, 0.15) is 83.0 Å². The first-order chi connectivity index (χ1) is 16.1. The Morgan fingerprint density at radius 1 is 0.545 bits per heavy atom. The van der Waals surface area contributed by atoms with Gasteiger partial charge >= 0.3 is 0 Å². The van der Waals surface area contributed by atoms with E-state index in [1.165, 1.54) is 43.2 Å². The lowest BCUT2D eigenvalue weighted by molar-refractivity contribution is 0.195. The highest BCUT2D eigenvalue weighted by Crippen LogP contribution is 2.31. The first kappa shape index (κ1) is 27.2. The van der Waals surface area contributed by atoms with Crippen LogP contribution in [0.25, 0.3) is 0 Å². The molecule has 2 rings (SSSR count). The second-order valence-corrected chi connectivity index (χ2v) is 8.66. The molecule has 4 nitrogen and oxygen atoms in total. The van der Waals surface area contributed by atoms with Crippen LogP contribution in [0.5, 0.6) is 11.5 Å². The normalized spacial score (nSPS) is 13.3. The van der Waals surface area contributed by atoms with Gasteiger partial charge in [-0.1, -0.05) is 71.2 Å². The van der Waals surface area contributed by atoms with E-state index in [0.717, 1.165) is 37.7 Å². The molecule has 2 unspecified atom stereocenters. The molecule has 0 aromatic heterocycles. The molecule has 0 heterocycles. The van der Waals surface area contributed by atoms with Crippen LogP contribution in [-0.2, 0) is 0 Å². The lowest BCUT2D eigenvalue weighted by atomic mass is 9.95. The Morgan fingerprint density at radius 3 is 1.15 bits per heavy atom. The standard InChI is InChI=1S/C29H46N2O2/c1-7-30(8-2)28(24-16-20-26(32-5)21-17-24)14-12-11-13-15-29(31(9-3)10-4)25-18-22-27(33-6)23-19-25/h16-23,28-29H,7-15H2,1-6H3. The molecule has 0 radical (unpaired) electrons. The zero-order valence-corrected chi connectivity index (χ0v) is 21.8. The quantitative estimate of drug-likeness (QED) is 0.252. The first-order valence-electron chi connectivity index (χ1n) is 12.9. The predicted molar refractivity (Wildman–Crippen MR) is 140 cm³/mol. The second-order valence-electron chi connectivity index (χ2n) is 8.66. The van der Waals surface area contributed by atoms with Gasteiger partial charge in [0.15, 0.2) is 0 Å². The smallest absolute Gasteiger partial charge is 0.118 e. The van der Waals surface area contributed by atoms with Gasteiger partial charge < -0.3 is 9.47 Å². The summed E-state index contributed by atoms with van der Waals surface area (Å²) in [6.45, 7) is 13.4. The third-order valence-corrected chi connectivity index (χ3v) is 6.96. The summed E-state index contributed by atoms with van der Waals surface area (Å²) in [6.07, 6.45) is 6.17. The predicted octanol–water partition coefficient (Wildman–Crippen LogP) is 7.12. The Labute approximate surface area is 202 Å². The van der Waals surface area contributed by atoms with E-state index < -0.39 is 0 Å². The fourth-order valence-electron chi connectivity index (χ4n) is 4.95. The molecule has 2 aromatic rings. The highest BCUT2D eigenvalue weighted by molar-refractivity contribution is 5.30. The second kappa shape index (κ2) is 15.0. The number of hydrogen-bond acceptors (Lipinski definition) is 4. The number of unbranched alkanes of at least 4 members (excludes halogenated alkanes) is 2. The molecule has 0 N–H and O–H groups in total. The average molecular weight is 455 g/mol. The Morgan fingerprint density at radius 2 is 0.879 bits per heavy atom. The Bertz CT molecular complexity index is 687. The van der Waals surface area contributed by atoms with Crippen molar-refractivity contribution in [3.63, 3.8) is 0 Å². The van der Waals surface area contributed by atoms with Crippen LogP contribution in [0.3, 0.4) is 0 Å². The fourth-order valence-corrected chi connectivity index (χ4v) is 4.95. The van der Waals surface area contributed by atoms with Gasteiger partial charge in [-0.3, -0.25) is 9.80 Å². The van der Waals surface area contributed by atoms with E-state index in [4.69, 9.17) is 9.47 Å². The van der Waals surface area contributed by atoms with Gasteiger partial charge in [-0.25, -0.2) is 0 Å². The van der Waals surface area contributed by atoms with Crippen LogP contribution in [-0.4, -0.2) is 50.2 Å². The van der Waals surface area contributed by atoms with Gasteiger partial charge in [-0.15, -0.1) is 0 Å². The van der Waals surface area contributed by atoms with Crippen LogP contribution >= 0.6 is 0 Å². The molecule has 184 valence electrons. The third-order valence-electron chi connectivity index (χ3n) is 6.96. The molecule has 0 saturated heterocycles. The minimum absolute atomic E-state index is 0.478. The average Bonchev–Trinajstić information content (AvgIpc) is 2.87. The van der Waals surface area contributed by atoms with E-state index in [0.29, 0.717) is 12.1 Å². The van der Waals surface area contributed by atoms with Gasteiger partial charge in [0.1, 0.15) is 11.5 Å². The molecule has 0 saturated carbocycles. The lowest BCUT2D eigenvalue weighted by Gasteiger charge is -2.31. The number of benzene rings is 2. The van der Waals surface area contributed by atoms with E-state index in [9.17, 15) is 0 Å². The maximum absolute atomic E-state index is 5.36. The van der Waals surface area contributed by atoms with Crippen molar-refractivity contribution in [1.82, 2.24) is 9.80 Å². The van der Waals surface area contributed by atoms with Crippen molar-refractivity contribution in [1.29, 1.82) is 0 Å². The molecule has 0 aliphatic rings. The minimum Gasteiger partial charge on any atom is -0.497 e. The van der Waals surface area contributed by atoms with Crippen molar-refractivity contribution >= 4 is 0 Å². The van der Waals surface area contributed by atoms with Gasteiger partial charge in [0.25, 0.3) is 0 Å². The SMILES string of the molecule is CCN(CC)C(CCCCCC(c1ccc(OC)cc1)N(CC)CC)c1ccc(OC)cc1. The molecule has 0 bridgehead atoms. The highest BCUT2D eigenvalue weighted by Gasteiger charge is 2.20. The van der Waals surface area contributed by atoms with E-state index in [2.05, 4.69) is 86.0 Å². The van der Waals surface area contributed by atoms with Gasteiger partial charge in [-0.05, 0) is 74.4 Å². The Hall–Kier alpha value is -2.04. The summed E-state index contributed by atoms with van der Waals surface area (Å²) >= 11 is 0. The lowest BCUT2D eigenvalue weighted by Crippen LogP contribution is -2.29. The molecule has 33 heavy (non-hydrogen) atoms. The van der Waals surface area contributed by atoms with Crippen LogP contribution in [0, 0.1) is 0 Å². The summed E-state index contributed by atoms with van der Waals surface area (Å²) < 4.78 is 10.7. The van der Waals surface area contributed by atoms with E-state index in [1.54, 1.807) is 14.2 Å². The topological polar surface area (TPSA) is 24.9 Å². The molecule has 0 amide bonds. The Balaban J connectivity index is 1.97. The third kappa shape index (κ3) is 8.04. The first-order valence-corrected chi connectivity index (χ1v) is 12.9. The van der Waals surface area contributed by atoms with Crippen molar-refractivity contribution in [2.24, 2.45) is 0 Å². The summed E-state index contributed by atoms with van der Waals surface area (Å²) in [6, 6.07) is 18.3. The number of rotatable bonds is 16. The molecule has 0 spiro atoms. The number of methoxy groups -OCH3 is 2. The summed E-state index contributed by atoms with van der Waals surface area (Å²) in [7, 11) is 3.46. The van der Waals surface area contributed by atoms with Crippen LogP contribution in [0.4, 0.5) is 0 Å². The summed E-state index contributed by atoms with van der Waals surface area (Å²) in [5.41, 5.74) is 2.80. The highest BCUT2D eigenvalue weighted by atomic mass is 16.5. The largest absolute Gasteiger partial charge is 0.497 e. The molecule has 2 aromatic carbocycles. The van der Waals surface area contributed by atoms with Gasteiger partial charge in [0, 0.05) is 12.1 Å². The van der Waals surface area contributed by atoms with Gasteiger partial charge in [-0.2, -0.15) is 0 Å². The van der Waals surface area contributed by atoms with Crippen molar-refractivity contribution in [2.75, 3.05) is 40.4 Å². The molecule has 4 heteroatoms. The summed E-state index contributed by atoms with van der Waals surface area (Å²) in [5.74, 6) is 1.86. The van der Waals surface area contributed by atoms with Gasteiger partial charge in [0.05, 0.1) is 14.2 Å². The van der Waals surface area contributed by atoms with Crippen molar-refractivity contribution in [3.8, 4) is 11.5 Å². The van der Waals surface area contributed by atoms with E-state index >= 15 is 0 Å². The van der Waals surface area contributed by atoms with Crippen molar-refractivity contribution in [3.05, 3.63) is 59.7 Å². The number of hydrogen-bond donors (Lipinski definition) is 0. The van der Waals surface area contributed by atoms with Crippen molar-refractivity contribution < 1.29 is 9.47 Å². The fraction of sp³-hybridized carbons (Fsp3) is 0.586. The summed E-state index contributed by atoms with van der Waals surface area (Å²) in [4.78, 5) is 5.16. The monoisotopic (exact) mass is 454 g/mol. The zero-order chi connectivity index (χ0) is 24.1. The van der Waals surface area contributed by atoms with Gasteiger partial charge in [0.2, 0.25) is 0 Å². The molecule has 0 aliphatic heterocycles. The van der Waals surface area contributed by atoms with Crippen molar-refractivity contribution in [2.45, 2.75) is 71.9 Å². The molecular formula is C29H46N2O2. The van der Waals surface area contributed by atoms with E-state index in [1.807, 2.05) is 0 Å². The number of nitrogens with zero attached hydrogens (tertiary/aromatic N) is 2. The maximum Gasteiger partial charge on any atom is 0.118 e. The van der Waals surface area contributed by atoms with Crippen LogP contribution in [0.15, 0.2) is 48.5 Å². The maximum atomic E-state index is 5.36. The van der Waals surface area contributed by atoms with Crippen LogP contribution < -0.4 is 9.47 Å². The van der Waals surface area contributed by atoms with E-state index in [-0.39, 0.29) is 0 Å². The van der Waals surface area contributed by atoms with Crippen LogP contribution in [0.2, 0.25) is 0 Å². The minimum atomic E-state index is 0.478. The molecule has 0 fully saturated rings. The number of ether oxygens (including phenoxy) is 2. The molecule has 2 atom stereocenters. The Kier molecular flexibility index (Phi) is 12.3. The molecule has 0 aliphatic carbocycles. The zero-order valence-electron chi connectivity index (χ0n) is 21.8.